The molecule has 0 saturated carbocycles. The summed E-state index contributed by atoms with van der Waals surface area (Å²) in [6.45, 7) is 1.50. The Morgan fingerprint density at radius 3 is 2.41 bits per heavy atom. The van der Waals surface area contributed by atoms with Gasteiger partial charge in [-0.3, -0.25) is 14.4 Å². The minimum absolute atomic E-state index is 0.00408. The van der Waals surface area contributed by atoms with E-state index in [4.69, 9.17) is 16.3 Å². The minimum atomic E-state index is -0.960. The molecular weight excluding hydrogens is 386 g/mol. The van der Waals surface area contributed by atoms with Gasteiger partial charge in [0.2, 0.25) is 0 Å². The zero-order valence-electron chi connectivity index (χ0n) is 15.0. The molecule has 0 bridgehead atoms. The van der Waals surface area contributed by atoms with E-state index in [0.717, 1.165) is 4.90 Å². The fourth-order valence-corrected chi connectivity index (χ4v) is 2.97. The molecule has 0 radical (unpaired) electrons. The van der Waals surface area contributed by atoms with Gasteiger partial charge in [-0.15, -0.1) is 11.8 Å². The van der Waals surface area contributed by atoms with Crippen LogP contribution in [0, 0.1) is 0 Å². The van der Waals surface area contributed by atoms with Crippen molar-refractivity contribution in [3.8, 4) is 0 Å². The lowest BCUT2D eigenvalue weighted by Crippen LogP contribution is -2.30. The van der Waals surface area contributed by atoms with E-state index in [-0.39, 0.29) is 18.6 Å². The van der Waals surface area contributed by atoms with Gasteiger partial charge in [-0.1, -0.05) is 23.7 Å². The summed E-state index contributed by atoms with van der Waals surface area (Å²) in [6, 6.07) is 13.8. The Labute approximate surface area is 167 Å². The molecule has 0 aliphatic heterocycles. The molecule has 27 heavy (non-hydrogen) atoms. The summed E-state index contributed by atoms with van der Waals surface area (Å²) in [4.78, 5) is 37.1. The van der Waals surface area contributed by atoms with Crippen molar-refractivity contribution >= 4 is 46.7 Å². The van der Waals surface area contributed by atoms with Crippen LogP contribution in [0.3, 0.4) is 0 Å². The van der Waals surface area contributed by atoms with Gasteiger partial charge in [0.05, 0.1) is 12.1 Å². The summed E-state index contributed by atoms with van der Waals surface area (Å²) < 4.78 is 5.13. The van der Waals surface area contributed by atoms with Crippen LogP contribution in [0.25, 0.3) is 0 Å². The van der Waals surface area contributed by atoms with Crippen LogP contribution in [-0.2, 0) is 14.3 Å². The van der Waals surface area contributed by atoms with E-state index in [9.17, 15) is 14.4 Å². The smallest absolute Gasteiger partial charge is 0.307 e. The first-order chi connectivity index (χ1) is 12.9. The van der Waals surface area contributed by atoms with Crippen molar-refractivity contribution in [3.63, 3.8) is 0 Å². The number of halogens is 1. The summed E-state index contributed by atoms with van der Waals surface area (Å²) in [5, 5.41) is 3.28. The van der Waals surface area contributed by atoms with E-state index in [2.05, 4.69) is 5.32 Å². The van der Waals surface area contributed by atoms with Gasteiger partial charge in [-0.05, 0) is 49.6 Å². The molecule has 2 aromatic carbocycles. The fraction of sp³-hybridized carbons (Fsp3) is 0.250. The summed E-state index contributed by atoms with van der Waals surface area (Å²) >= 11 is 7.29. The third-order valence-electron chi connectivity index (χ3n) is 3.76. The number of benzene rings is 2. The van der Waals surface area contributed by atoms with Crippen molar-refractivity contribution in [3.05, 3.63) is 59.1 Å². The van der Waals surface area contributed by atoms with Gasteiger partial charge in [0.25, 0.3) is 5.91 Å². The lowest BCUT2D eigenvalue weighted by molar-refractivity contribution is -0.153. The minimum Gasteiger partial charge on any atom is -0.453 e. The van der Waals surface area contributed by atoms with Gasteiger partial charge in [-0.2, -0.15) is 0 Å². The van der Waals surface area contributed by atoms with Gasteiger partial charge in [-0.25, -0.2) is 0 Å². The molecule has 0 fully saturated rings. The maximum Gasteiger partial charge on any atom is 0.307 e. The van der Waals surface area contributed by atoms with Crippen molar-refractivity contribution in [1.29, 1.82) is 0 Å². The summed E-state index contributed by atoms with van der Waals surface area (Å²) in [7, 11) is 0. The van der Waals surface area contributed by atoms with Crippen LogP contribution in [0.5, 0.6) is 0 Å². The number of carbonyl (C=O) groups is 3. The predicted octanol–water partition coefficient (Wildman–Crippen LogP) is 4.60. The van der Waals surface area contributed by atoms with E-state index >= 15 is 0 Å². The monoisotopic (exact) mass is 405 g/mol. The van der Waals surface area contributed by atoms with Crippen LogP contribution in [0.4, 0.5) is 5.69 Å². The third-order valence-corrected chi connectivity index (χ3v) is 4.81. The van der Waals surface area contributed by atoms with Crippen LogP contribution < -0.4 is 5.32 Å². The van der Waals surface area contributed by atoms with Crippen molar-refractivity contribution in [2.24, 2.45) is 0 Å². The molecule has 0 aromatic heterocycles. The highest BCUT2D eigenvalue weighted by Gasteiger charge is 2.19. The Bertz CT molecular complexity index is 823. The molecule has 0 heterocycles. The average molecular weight is 406 g/mol. The van der Waals surface area contributed by atoms with Crippen molar-refractivity contribution in [1.82, 2.24) is 0 Å². The number of rotatable bonds is 8. The standard InChI is InChI=1S/C20H20ClNO4S/c1-13(20(25)22-16-5-3-4-6-18(16)27-2)26-19(24)12-11-17(23)14-7-9-15(21)10-8-14/h3-10,13H,11-12H2,1-2H3,(H,22,25)/t13-/m0/s1. The lowest BCUT2D eigenvalue weighted by Gasteiger charge is -2.15. The van der Waals surface area contributed by atoms with Gasteiger partial charge in [0.1, 0.15) is 0 Å². The second-order valence-electron chi connectivity index (χ2n) is 5.75. The number of Topliss-reactive ketones (excluding diaryl/α,β-unsaturated/α-hetero) is 1. The first-order valence-corrected chi connectivity index (χ1v) is 9.93. The number of ketones is 1. The molecule has 1 atom stereocenters. The number of anilines is 1. The number of ether oxygens (including phenoxy) is 1. The zero-order chi connectivity index (χ0) is 19.8. The Morgan fingerprint density at radius 1 is 1.07 bits per heavy atom. The molecule has 1 N–H and O–H groups in total. The van der Waals surface area contributed by atoms with Crippen LogP contribution in [0.15, 0.2) is 53.4 Å². The predicted molar refractivity (Wildman–Crippen MR) is 107 cm³/mol. The zero-order valence-corrected chi connectivity index (χ0v) is 16.6. The van der Waals surface area contributed by atoms with Gasteiger partial charge >= 0.3 is 5.97 Å². The number of hydrogen-bond acceptors (Lipinski definition) is 5. The molecule has 0 aliphatic rings. The second-order valence-corrected chi connectivity index (χ2v) is 7.04. The quantitative estimate of drug-likeness (QED) is 0.395. The summed E-state index contributed by atoms with van der Waals surface area (Å²) in [6.07, 6.45) is 0.856. The third kappa shape index (κ3) is 6.41. The SMILES string of the molecule is CSc1ccccc1NC(=O)[C@H](C)OC(=O)CCC(=O)c1ccc(Cl)cc1. The van der Waals surface area contributed by atoms with Crippen LogP contribution in [-0.4, -0.2) is 30.0 Å². The second kappa shape index (κ2) is 10.1. The lowest BCUT2D eigenvalue weighted by atomic mass is 10.1. The molecule has 7 heteroatoms. The average Bonchev–Trinajstić information content (AvgIpc) is 2.67. The molecular formula is C20H20ClNO4S. The molecule has 0 aliphatic carbocycles. The topological polar surface area (TPSA) is 72.5 Å². The molecule has 142 valence electrons. The maximum absolute atomic E-state index is 12.2. The van der Waals surface area contributed by atoms with E-state index in [1.807, 2.05) is 24.5 Å². The Balaban J connectivity index is 1.83. The Hall–Kier alpha value is -2.31. The van der Waals surface area contributed by atoms with E-state index in [1.165, 1.54) is 18.7 Å². The number of thioether (sulfide) groups is 1. The van der Waals surface area contributed by atoms with Crippen molar-refractivity contribution < 1.29 is 19.1 Å². The number of hydrogen-bond donors (Lipinski definition) is 1. The molecule has 2 rings (SSSR count). The molecule has 1 amide bonds. The number of amides is 1. The molecule has 0 saturated heterocycles. The van der Waals surface area contributed by atoms with Crippen molar-refractivity contribution in [2.75, 3.05) is 11.6 Å². The summed E-state index contributed by atoms with van der Waals surface area (Å²) in [5.41, 5.74) is 1.14. The Morgan fingerprint density at radius 2 is 1.74 bits per heavy atom. The van der Waals surface area contributed by atoms with Crippen LogP contribution in [0.1, 0.15) is 30.1 Å². The molecule has 0 spiro atoms. The molecule has 5 nitrogen and oxygen atoms in total. The van der Waals surface area contributed by atoms with Crippen LogP contribution in [0.2, 0.25) is 5.02 Å². The maximum atomic E-state index is 12.2. The highest BCUT2D eigenvalue weighted by Crippen LogP contribution is 2.24. The van der Waals surface area contributed by atoms with E-state index in [0.29, 0.717) is 16.3 Å². The summed E-state index contributed by atoms with van der Waals surface area (Å²) in [5.74, 6) is -1.21. The first kappa shape index (κ1) is 21.0. The normalized spacial score (nSPS) is 11.5. The number of para-hydroxylation sites is 1. The molecule has 2 aromatic rings. The number of carbonyl (C=O) groups excluding carboxylic acids is 3. The number of esters is 1. The van der Waals surface area contributed by atoms with Crippen molar-refractivity contribution in [2.45, 2.75) is 30.8 Å². The van der Waals surface area contributed by atoms with E-state index in [1.54, 1.807) is 30.3 Å². The van der Waals surface area contributed by atoms with E-state index < -0.39 is 18.0 Å². The van der Waals surface area contributed by atoms with Crippen LogP contribution >= 0.6 is 23.4 Å². The Kier molecular flexibility index (Phi) is 7.88. The van der Waals surface area contributed by atoms with Gasteiger partial charge in [0.15, 0.2) is 11.9 Å². The number of nitrogens with one attached hydrogen (secondary N) is 1. The molecule has 0 unspecified atom stereocenters. The largest absolute Gasteiger partial charge is 0.453 e. The highest BCUT2D eigenvalue weighted by molar-refractivity contribution is 7.98. The first-order valence-electron chi connectivity index (χ1n) is 8.33. The fourth-order valence-electron chi connectivity index (χ4n) is 2.29. The van der Waals surface area contributed by atoms with Gasteiger partial charge < -0.3 is 10.1 Å². The van der Waals surface area contributed by atoms with Gasteiger partial charge in [0, 0.05) is 21.9 Å². The highest BCUT2D eigenvalue weighted by atomic mass is 35.5.